The lowest BCUT2D eigenvalue weighted by atomic mass is 9.66. The first kappa shape index (κ1) is 28.1. The number of rotatable bonds is 3. The molecule has 51 heavy (non-hydrogen) atoms. The maximum absolute atomic E-state index is 7.04. The van der Waals surface area contributed by atoms with Crippen molar-refractivity contribution < 1.29 is 9.15 Å². The van der Waals surface area contributed by atoms with Gasteiger partial charge in [-0.2, -0.15) is 0 Å². The van der Waals surface area contributed by atoms with Crippen LogP contribution in [0.2, 0.25) is 0 Å². The van der Waals surface area contributed by atoms with Crippen LogP contribution < -0.4 is 4.74 Å². The third kappa shape index (κ3) is 3.90. The summed E-state index contributed by atoms with van der Waals surface area (Å²) in [6.07, 6.45) is 0. The van der Waals surface area contributed by atoms with E-state index in [1.54, 1.807) is 0 Å². The number of nitrogens with zero attached hydrogens (tertiary/aromatic N) is 2. The molecule has 2 aliphatic rings. The fourth-order valence-corrected chi connectivity index (χ4v) is 8.43. The zero-order valence-electron chi connectivity index (χ0n) is 27.4. The zero-order valence-corrected chi connectivity index (χ0v) is 27.4. The minimum absolute atomic E-state index is 0.560. The van der Waals surface area contributed by atoms with Gasteiger partial charge in [-0.15, -0.1) is 0 Å². The molecule has 9 aromatic rings. The molecule has 11 rings (SSSR count). The highest BCUT2D eigenvalue weighted by Gasteiger charge is 2.51. The van der Waals surface area contributed by atoms with Gasteiger partial charge in [0.2, 0.25) is 0 Å². The van der Waals surface area contributed by atoms with Crippen molar-refractivity contribution in [3.63, 3.8) is 0 Å². The third-order valence-corrected chi connectivity index (χ3v) is 10.6. The summed E-state index contributed by atoms with van der Waals surface area (Å²) in [5.41, 5.74) is 12.7. The van der Waals surface area contributed by atoms with E-state index in [-0.39, 0.29) is 0 Å². The minimum atomic E-state index is -0.560. The van der Waals surface area contributed by atoms with Crippen LogP contribution in [0.4, 0.5) is 0 Å². The molecule has 1 aliphatic carbocycles. The van der Waals surface area contributed by atoms with E-state index in [1.165, 1.54) is 22.3 Å². The molecule has 0 saturated heterocycles. The molecule has 4 heteroatoms. The quantitative estimate of drug-likeness (QED) is 0.191. The monoisotopic (exact) mass is 652 g/mol. The van der Waals surface area contributed by atoms with Crippen molar-refractivity contribution in [1.82, 2.24) is 9.97 Å². The average molecular weight is 653 g/mol. The first-order valence-corrected chi connectivity index (χ1v) is 17.2. The number of ether oxygens (including phenoxy) is 1. The van der Waals surface area contributed by atoms with Crippen LogP contribution in [0.3, 0.4) is 0 Å². The zero-order chi connectivity index (χ0) is 33.5. The highest BCUT2D eigenvalue weighted by molar-refractivity contribution is 6.12. The molecular weight excluding hydrogens is 625 g/mol. The van der Waals surface area contributed by atoms with Crippen molar-refractivity contribution in [2.24, 2.45) is 0 Å². The summed E-state index contributed by atoms with van der Waals surface area (Å²) >= 11 is 0. The Bertz CT molecular complexity index is 2730. The molecule has 0 N–H and O–H groups in total. The Hall–Kier alpha value is -6.78. The SMILES string of the molecule is c1ccc(-c2cc(-c3cccc4c3oc3c5c(ccc34)C3(c4ccccc4O5)c4ccccc4-c4ccccc43)nc(-c3ccccc3)n2)cc1. The summed E-state index contributed by atoms with van der Waals surface area (Å²) in [6.45, 7) is 0. The molecule has 1 aliphatic heterocycles. The van der Waals surface area contributed by atoms with E-state index < -0.39 is 5.41 Å². The van der Waals surface area contributed by atoms with Gasteiger partial charge < -0.3 is 9.15 Å². The molecule has 0 saturated carbocycles. The van der Waals surface area contributed by atoms with Crippen LogP contribution in [0, 0.1) is 0 Å². The first-order valence-electron chi connectivity index (χ1n) is 17.2. The second-order valence-electron chi connectivity index (χ2n) is 13.2. The maximum Gasteiger partial charge on any atom is 0.178 e. The highest BCUT2D eigenvalue weighted by atomic mass is 16.5. The maximum atomic E-state index is 7.04. The van der Waals surface area contributed by atoms with Gasteiger partial charge in [-0.1, -0.05) is 146 Å². The van der Waals surface area contributed by atoms with Gasteiger partial charge >= 0.3 is 0 Å². The van der Waals surface area contributed by atoms with E-state index in [4.69, 9.17) is 19.1 Å². The molecule has 7 aromatic carbocycles. The number of aromatic nitrogens is 2. The Morgan fingerprint density at radius 1 is 0.412 bits per heavy atom. The van der Waals surface area contributed by atoms with E-state index in [1.807, 2.05) is 54.6 Å². The largest absolute Gasteiger partial charge is 0.453 e. The van der Waals surface area contributed by atoms with Crippen LogP contribution >= 0.6 is 0 Å². The fraction of sp³-hybridized carbons (Fsp3) is 0.0213. The second kappa shape index (κ2) is 10.6. The lowest BCUT2D eigenvalue weighted by Gasteiger charge is -2.39. The summed E-state index contributed by atoms with van der Waals surface area (Å²) in [7, 11) is 0. The van der Waals surface area contributed by atoms with Crippen molar-refractivity contribution in [3.8, 4) is 56.5 Å². The topological polar surface area (TPSA) is 48.2 Å². The summed E-state index contributed by atoms with van der Waals surface area (Å²) < 4.78 is 14.0. The van der Waals surface area contributed by atoms with Crippen LogP contribution in [-0.2, 0) is 5.41 Å². The van der Waals surface area contributed by atoms with Gasteiger partial charge in [0.05, 0.1) is 16.8 Å². The molecule has 0 bridgehead atoms. The van der Waals surface area contributed by atoms with Crippen molar-refractivity contribution in [3.05, 3.63) is 192 Å². The normalized spacial score (nSPS) is 13.4. The van der Waals surface area contributed by atoms with Gasteiger partial charge in [-0.05, 0) is 46.5 Å². The van der Waals surface area contributed by atoms with Gasteiger partial charge in [0, 0.05) is 38.6 Å². The van der Waals surface area contributed by atoms with E-state index in [2.05, 4.69) is 115 Å². The summed E-state index contributed by atoms with van der Waals surface area (Å²) in [6, 6.07) is 59.2. The molecule has 1 spiro atoms. The van der Waals surface area contributed by atoms with Gasteiger partial charge in [0.15, 0.2) is 17.2 Å². The van der Waals surface area contributed by atoms with Gasteiger partial charge in [0.25, 0.3) is 0 Å². The second-order valence-corrected chi connectivity index (χ2v) is 13.2. The van der Waals surface area contributed by atoms with E-state index in [0.717, 1.165) is 72.6 Å². The Balaban J connectivity index is 1.19. The molecule has 3 heterocycles. The van der Waals surface area contributed by atoms with Crippen molar-refractivity contribution in [1.29, 1.82) is 0 Å². The molecular formula is C47H28N2O2. The predicted octanol–water partition coefficient (Wildman–Crippen LogP) is 11.8. The average Bonchev–Trinajstić information content (AvgIpc) is 3.73. The van der Waals surface area contributed by atoms with Gasteiger partial charge in [-0.25, -0.2) is 9.97 Å². The molecule has 2 aromatic heterocycles. The van der Waals surface area contributed by atoms with Crippen LogP contribution in [-0.4, -0.2) is 9.97 Å². The van der Waals surface area contributed by atoms with Crippen LogP contribution in [0.1, 0.15) is 22.3 Å². The summed E-state index contributed by atoms with van der Waals surface area (Å²) in [5, 5.41) is 2.01. The molecule has 0 radical (unpaired) electrons. The molecule has 0 atom stereocenters. The lowest BCUT2D eigenvalue weighted by Crippen LogP contribution is -2.32. The smallest absolute Gasteiger partial charge is 0.178 e. The molecule has 0 amide bonds. The van der Waals surface area contributed by atoms with Crippen LogP contribution in [0.5, 0.6) is 11.5 Å². The van der Waals surface area contributed by atoms with Gasteiger partial charge in [-0.3, -0.25) is 0 Å². The lowest BCUT2D eigenvalue weighted by molar-refractivity contribution is 0.433. The van der Waals surface area contributed by atoms with Crippen molar-refractivity contribution >= 4 is 21.9 Å². The molecule has 238 valence electrons. The number of para-hydroxylation sites is 2. The number of furan rings is 1. The fourth-order valence-electron chi connectivity index (χ4n) is 8.43. The third-order valence-electron chi connectivity index (χ3n) is 10.6. The highest BCUT2D eigenvalue weighted by Crippen LogP contribution is 2.63. The number of hydrogen-bond acceptors (Lipinski definition) is 4. The van der Waals surface area contributed by atoms with Crippen LogP contribution in [0.25, 0.3) is 67.0 Å². The van der Waals surface area contributed by atoms with Crippen molar-refractivity contribution in [2.45, 2.75) is 5.41 Å². The van der Waals surface area contributed by atoms with Crippen LogP contribution in [0.15, 0.2) is 174 Å². The Morgan fingerprint density at radius 3 is 1.75 bits per heavy atom. The number of hydrogen-bond donors (Lipinski definition) is 0. The first-order chi connectivity index (χ1) is 25.3. The van der Waals surface area contributed by atoms with E-state index in [9.17, 15) is 0 Å². The summed E-state index contributed by atoms with van der Waals surface area (Å²) in [4.78, 5) is 10.2. The molecule has 0 unspecified atom stereocenters. The van der Waals surface area contributed by atoms with Gasteiger partial charge in [0.1, 0.15) is 11.3 Å². The summed E-state index contributed by atoms with van der Waals surface area (Å²) in [5.74, 6) is 2.25. The predicted molar refractivity (Wildman–Crippen MR) is 203 cm³/mol. The molecule has 0 fully saturated rings. The Morgan fingerprint density at radius 2 is 1.00 bits per heavy atom. The standard InChI is InChI=1S/C47H28N2O2/c1-3-14-29(15-4-1)40-28-41(49-46(48-40)30-16-5-2-6-17-30)35-21-13-20-33-34-26-27-39-45(44(34)51-43(33)35)50-42-25-12-11-24-38(42)47(39)36-22-9-7-18-31(36)32-19-8-10-23-37(32)47/h1-28H. The molecule has 4 nitrogen and oxygen atoms in total. The Labute approximate surface area is 294 Å². The number of benzene rings is 7. The van der Waals surface area contributed by atoms with E-state index in [0.29, 0.717) is 5.82 Å². The number of fused-ring (bicyclic) bond motifs is 13. The van der Waals surface area contributed by atoms with E-state index >= 15 is 0 Å². The van der Waals surface area contributed by atoms with Crippen molar-refractivity contribution in [2.75, 3.05) is 0 Å². The minimum Gasteiger partial charge on any atom is -0.453 e. The Kier molecular flexibility index (Phi) is 5.84.